The number of amides is 2. The largest absolute Gasteiger partial charge is 0.332 e. The maximum Gasteiger partial charge on any atom is 0.277 e. The number of nitrogens with one attached hydrogen (secondary N) is 1. The van der Waals surface area contributed by atoms with Crippen LogP contribution in [0.25, 0.3) is 0 Å². The number of anilines is 1. The van der Waals surface area contributed by atoms with Crippen molar-refractivity contribution in [3.05, 3.63) is 64.2 Å². The highest BCUT2D eigenvalue weighted by atomic mass is 35.5. The van der Waals surface area contributed by atoms with Gasteiger partial charge >= 0.3 is 0 Å². The molecule has 0 bridgehead atoms. The topological polar surface area (TPSA) is 66.0 Å². The lowest BCUT2D eigenvalue weighted by atomic mass is 10.1. The molecule has 144 valence electrons. The average molecular weight is 389 g/mol. The van der Waals surface area contributed by atoms with Gasteiger partial charge in [-0.2, -0.15) is 0 Å². The highest BCUT2D eigenvalue weighted by Gasteiger charge is 2.18. The van der Waals surface area contributed by atoms with Gasteiger partial charge in [-0.25, -0.2) is 0 Å². The maximum atomic E-state index is 12.4. The molecule has 2 aromatic carbocycles. The van der Waals surface area contributed by atoms with Gasteiger partial charge in [0.15, 0.2) is 6.54 Å². The molecular formula is C21H27ClN3O2+. The Morgan fingerprint density at radius 3 is 2.37 bits per heavy atom. The molecule has 2 amide bonds. The van der Waals surface area contributed by atoms with Gasteiger partial charge in [0.05, 0.1) is 6.54 Å². The van der Waals surface area contributed by atoms with Crippen LogP contribution in [0.5, 0.6) is 0 Å². The molecule has 6 heteroatoms. The summed E-state index contributed by atoms with van der Waals surface area (Å²) in [7, 11) is 1.64. The van der Waals surface area contributed by atoms with Crippen LogP contribution in [0.1, 0.15) is 29.7 Å². The number of nitrogens with zero attached hydrogens (tertiary/aromatic N) is 1. The van der Waals surface area contributed by atoms with E-state index in [9.17, 15) is 9.59 Å². The third-order valence-electron chi connectivity index (χ3n) is 4.59. The van der Waals surface area contributed by atoms with Gasteiger partial charge in [0.2, 0.25) is 5.91 Å². The van der Waals surface area contributed by atoms with Crippen molar-refractivity contribution in [3.8, 4) is 0 Å². The Kier molecular flexibility index (Phi) is 7.39. The van der Waals surface area contributed by atoms with Gasteiger partial charge in [0.25, 0.3) is 5.91 Å². The third-order valence-corrected chi connectivity index (χ3v) is 4.94. The summed E-state index contributed by atoms with van der Waals surface area (Å²) in [6, 6.07) is 13.5. The molecule has 0 fully saturated rings. The molecular weight excluding hydrogens is 362 g/mol. The van der Waals surface area contributed by atoms with Crippen LogP contribution in [0, 0.1) is 13.8 Å². The fraction of sp³-hybridized carbons (Fsp3) is 0.333. The van der Waals surface area contributed by atoms with E-state index >= 15 is 0 Å². The first-order valence-electron chi connectivity index (χ1n) is 8.97. The van der Waals surface area contributed by atoms with E-state index < -0.39 is 0 Å². The summed E-state index contributed by atoms with van der Waals surface area (Å²) in [5, 5.41) is 5.51. The maximum absolute atomic E-state index is 12.4. The van der Waals surface area contributed by atoms with Gasteiger partial charge in [-0.1, -0.05) is 48.0 Å². The molecule has 27 heavy (non-hydrogen) atoms. The number of para-hydroxylation sites is 1. The van der Waals surface area contributed by atoms with Gasteiger partial charge in [0.1, 0.15) is 6.04 Å². The number of nitrogens with two attached hydrogens (primary N) is 1. The van der Waals surface area contributed by atoms with E-state index in [1.54, 1.807) is 7.05 Å². The van der Waals surface area contributed by atoms with E-state index in [4.69, 9.17) is 11.6 Å². The lowest BCUT2D eigenvalue weighted by Crippen LogP contribution is -2.87. The molecule has 2 aromatic rings. The van der Waals surface area contributed by atoms with Crippen LogP contribution in [0.2, 0.25) is 5.02 Å². The van der Waals surface area contributed by atoms with Gasteiger partial charge < -0.3 is 15.5 Å². The molecule has 0 spiro atoms. The van der Waals surface area contributed by atoms with Crippen molar-refractivity contribution in [1.29, 1.82) is 0 Å². The fourth-order valence-corrected chi connectivity index (χ4v) is 3.21. The van der Waals surface area contributed by atoms with Crippen molar-refractivity contribution >= 4 is 29.1 Å². The number of carbonyl (C=O) groups excluding carboxylic acids is 2. The van der Waals surface area contributed by atoms with Crippen LogP contribution in [-0.2, 0) is 9.59 Å². The van der Waals surface area contributed by atoms with E-state index in [1.807, 2.05) is 68.6 Å². The molecule has 0 radical (unpaired) electrons. The zero-order chi connectivity index (χ0) is 20.0. The third kappa shape index (κ3) is 5.81. The second kappa shape index (κ2) is 9.53. The number of likely N-dealkylation sites (N-methyl/N-ethyl adjacent to an activating group) is 1. The normalized spacial score (nSPS) is 11.7. The molecule has 3 N–H and O–H groups in total. The first-order valence-corrected chi connectivity index (χ1v) is 9.35. The Morgan fingerprint density at radius 1 is 1.11 bits per heavy atom. The number of rotatable bonds is 7. The molecule has 0 saturated heterocycles. The minimum absolute atomic E-state index is 0.0148. The smallest absolute Gasteiger partial charge is 0.277 e. The highest BCUT2D eigenvalue weighted by molar-refractivity contribution is 6.31. The van der Waals surface area contributed by atoms with E-state index in [0.717, 1.165) is 22.4 Å². The molecule has 2 rings (SSSR count). The van der Waals surface area contributed by atoms with Gasteiger partial charge in [-0.3, -0.25) is 9.59 Å². The number of aryl methyl sites for hydroxylation is 2. The Balaban J connectivity index is 1.86. The molecule has 1 atom stereocenters. The Morgan fingerprint density at radius 2 is 1.74 bits per heavy atom. The molecule has 0 heterocycles. The van der Waals surface area contributed by atoms with Crippen molar-refractivity contribution in [2.45, 2.75) is 26.8 Å². The van der Waals surface area contributed by atoms with Crippen molar-refractivity contribution in [3.63, 3.8) is 0 Å². The van der Waals surface area contributed by atoms with Crippen LogP contribution >= 0.6 is 11.6 Å². The second-order valence-electron chi connectivity index (χ2n) is 6.81. The first kappa shape index (κ1) is 20.9. The summed E-state index contributed by atoms with van der Waals surface area (Å²) in [4.78, 5) is 26.1. The standard InChI is InChI=1S/C21H26ClN3O2/c1-14-8-7-9-15(2)21(14)24-19(26)13-25(4)20(27)12-23-16(3)17-10-5-6-11-18(17)22/h5-11,16,23H,12-13H2,1-4H3,(H,24,26)/p+1/t16-/m0/s1. The number of hydrogen-bond donors (Lipinski definition) is 2. The summed E-state index contributed by atoms with van der Waals surface area (Å²) in [5.41, 5.74) is 3.79. The van der Waals surface area contributed by atoms with Crippen molar-refractivity contribution in [2.24, 2.45) is 0 Å². The number of halogens is 1. The first-order chi connectivity index (χ1) is 12.8. The molecule has 0 aliphatic carbocycles. The monoisotopic (exact) mass is 388 g/mol. The quantitative estimate of drug-likeness (QED) is 0.765. The van der Waals surface area contributed by atoms with Gasteiger partial charge in [0, 0.05) is 23.3 Å². The molecule has 0 unspecified atom stereocenters. The Bertz CT molecular complexity index is 803. The Labute approximate surface area is 165 Å². The summed E-state index contributed by atoms with van der Waals surface area (Å²) in [5.74, 6) is -0.312. The summed E-state index contributed by atoms with van der Waals surface area (Å²) < 4.78 is 0. The van der Waals surface area contributed by atoms with Crippen molar-refractivity contribution in [2.75, 3.05) is 25.5 Å². The number of hydrogen-bond acceptors (Lipinski definition) is 2. The number of quaternary nitrogens is 1. The van der Waals surface area contributed by atoms with Crippen molar-refractivity contribution in [1.82, 2.24) is 4.90 Å². The van der Waals surface area contributed by atoms with Crippen molar-refractivity contribution < 1.29 is 14.9 Å². The van der Waals surface area contributed by atoms with Crippen LogP contribution < -0.4 is 10.6 Å². The van der Waals surface area contributed by atoms with Gasteiger partial charge in [-0.05, 0) is 38.0 Å². The number of carbonyl (C=O) groups is 2. The predicted octanol–water partition coefficient (Wildman–Crippen LogP) is 2.68. The second-order valence-corrected chi connectivity index (χ2v) is 7.22. The lowest BCUT2D eigenvalue weighted by Gasteiger charge is -2.19. The zero-order valence-corrected chi connectivity index (χ0v) is 17.0. The van der Waals surface area contributed by atoms with Crippen LogP contribution in [0.4, 0.5) is 5.69 Å². The van der Waals surface area contributed by atoms with Crippen LogP contribution in [-0.4, -0.2) is 36.9 Å². The molecule has 5 nitrogen and oxygen atoms in total. The summed E-state index contributed by atoms with van der Waals surface area (Å²) >= 11 is 6.20. The average Bonchev–Trinajstić information content (AvgIpc) is 2.63. The molecule has 0 aromatic heterocycles. The fourth-order valence-electron chi connectivity index (χ4n) is 2.90. The molecule has 0 aliphatic rings. The van der Waals surface area contributed by atoms with E-state index in [0.29, 0.717) is 5.02 Å². The molecule has 0 saturated carbocycles. The summed E-state index contributed by atoms with van der Waals surface area (Å²) in [6.07, 6.45) is 0. The highest BCUT2D eigenvalue weighted by Crippen LogP contribution is 2.20. The summed E-state index contributed by atoms with van der Waals surface area (Å²) in [6.45, 7) is 6.16. The minimum atomic E-state index is -0.206. The SMILES string of the molecule is Cc1cccc(C)c1NC(=O)CN(C)C(=O)C[NH2+][C@@H](C)c1ccccc1Cl. The van der Waals surface area contributed by atoms with E-state index in [-0.39, 0.29) is 30.9 Å². The van der Waals surface area contributed by atoms with Crippen LogP contribution in [0.15, 0.2) is 42.5 Å². The minimum Gasteiger partial charge on any atom is -0.332 e. The lowest BCUT2D eigenvalue weighted by molar-refractivity contribution is -0.683. The number of benzene rings is 2. The van der Waals surface area contributed by atoms with E-state index in [2.05, 4.69) is 5.32 Å². The van der Waals surface area contributed by atoms with Gasteiger partial charge in [-0.15, -0.1) is 0 Å². The zero-order valence-electron chi connectivity index (χ0n) is 16.3. The van der Waals surface area contributed by atoms with E-state index in [1.165, 1.54) is 4.90 Å². The molecule has 0 aliphatic heterocycles. The Hall–Kier alpha value is -2.37. The predicted molar refractivity (Wildman–Crippen MR) is 109 cm³/mol. The van der Waals surface area contributed by atoms with Crippen LogP contribution in [0.3, 0.4) is 0 Å².